The van der Waals surface area contributed by atoms with Gasteiger partial charge in [0, 0.05) is 11.6 Å². The lowest BCUT2D eigenvalue weighted by molar-refractivity contribution is -0.119. The van der Waals surface area contributed by atoms with E-state index in [-0.39, 0.29) is 20.6 Å². The molecule has 0 saturated heterocycles. The van der Waals surface area contributed by atoms with Gasteiger partial charge in [-0.2, -0.15) is 5.10 Å². The molecule has 3 rings (SSSR count). The summed E-state index contributed by atoms with van der Waals surface area (Å²) in [6.07, 6.45) is 1.38. The number of sulfonamides is 1. The molecule has 0 saturated carbocycles. The molecule has 3 aromatic rings. The van der Waals surface area contributed by atoms with Crippen molar-refractivity contribution >= 4 is 51.0 Å². The van der Waals surface area contributed by atoms with Crippen LogP contribution in [0.15, 0.2) is 76.7 Å². The quantitative estimate of drug-likeness (QED) is 0.333. The number of rotatable bonds is 9. The maximum absolute atomic E-state index is 13.3. The van der Waals surface area contributed by atoms with E-state index in [9.17, 15) is 13.2 Å². The lowest BCUT2D eigenvalue weighted by atomic mass is 10.2. The molecule has 0 heterocycles. The van der Waals surface area contributed by atoms with E-state index in [4.69, 9.17) is 32.7 Å². The molecule has 0 unspecified atom stereocenters. The molecule has 3 aromatic carbocycles. The Labute approximate surface area is 207 Å². The van der Waals surface area contributed by atoms with Crippen molar-refractivity contribution in [3.8, 4) is 11.5 Å². The molecule has 1 amide bonds. The van der Waals surface area contributed by atoms with Crippen LogP contribution >= 0.6 is 23.2 Å². The summed E-state index contributed by atoms with van der Waals surface area (Å²) >= 11 is 12.1. The van der Waals surface area contributed by atoms with Gasteiger partial charge < -0.3 is 9.47 Å². The number of amides is 1. The first-order valence-electron chi connectivity index (χ1n) is 9.83. The zero-order chi connectivity index (χ0) is 24.7. The van der Waals surface area contributed by atoms with Gasteiger partial charge in [0.2, 0.25) is 0 Å². The summed E-state index contributed by atoms with van der Waals surface area (Å²) in [7, 11) is -1.06. The van der Waals surface area contributed by atoms with Crippen molar-refractivity contribution in [2.24, 2.45) is 5.10 Å². The van der Waals surface area contributed by atoms with E-state index >= 15 is 0 Å². The average Bonchev–Trinajstić information content (AvgIpc) is 2.85. The van der Waals surface area contributed by atoms with Gasteiger partial charge in [-0.15, -0.1) is 0 Å². The number of benzene rings is 3. The molecule has 11 heteroatoms. The first kappa shape index (κ1) is 25.4. The number of hydrogen-bond donors (Lipinski definition) is 1. The topological polar surface area (TPSA) is 97.3 Å². The number of anilines is 1. The summed E-state index contributed by atoms with van der Waals surface area (Å²) in [5, 5.41) is 4.33. The van der Waals surface area contributed by atoms with Crippen molar-refractivity contribution in [3.05, 3.63) is 82.3 Å². The number of carbonyl (C=O) groups excluding carboxylic acids is 1. The molecule has 0 atom stereocenters. The number of halogens is 2. The number of hydrazone groups is 1. The molecule has 178 valence electrons. The molecule has 0 aliphatic heterocycles. The summed E-state index contributed by atoms with van der Waals surface area (Å²) in [6, 6.07) is 17.1. The van der Waals surface area contributed by atoms with Crippen LogP contribution in [0.25, 0.3) is 0 Å². The van der Waals surface area contributed by atoms with Gasteiger partial charge in [0.25, 0.3) is 15.9 Å². The minimum atomic E-state index is -4.09. The van der Waals surface area contributed by atoms with E-state index in [1.54, 1.807) is 36.4 Å². The summed E-state index contributed by atoms with van der Waals surface area (Å²) in [5.74, 6) is 0.414. The molecule has 0 aromatic heterocycles. The van der Waals surface area contributed by atoms with Crippen molar-refractivity contribution in [3.63, 3.8) is 0 Å². The Hall–Kier alpha value is -3.27. The Balaban J connectivity index is 1.84. The molecule has 0 spiro atoms. The fourth-order valence-electron chi connectivity index (χ4n) is 2.94. The van der Waals surface area contributed by atoms with Crippen LogP contribution in [0.4, 0.5) is 5.69 Å². The summed E-state index contributed by atoms with van der Waals surface area (Å²) in [5.41, 5.74) is 3.10. The van der Waals surface area contributed by atoms with E-state index in [0.717, 1.165) is 4.31 Å². The summed E-state index contributed by atoms with van der Waals surface area (Å²) in [6.45, 7) is -0.549. The second-order valence-corrected chi connectivity index (χ2v) is 9.50. The van der Waals surface area contributed by atoms with Crippen LogP contribution in [0.3, 0.4) is 0 Å². The smallest absolute Gasteiger partial charge is 0.264 e. The average molecular weight is 522 g/mol. The predicted octanol–water partition coefficient (Wildman–Crippen LogP) is 4.36. The number of nitrogens with one attached hydrogen (secondary N) is 1. The highest BCUT2D eigenvalue weighted by atomic mass is 35.5. The molecular formula is C23H21Cl2N3O5S. The molecule has 0 fully saturated rings. The third kappa shape index (κ3) is 5.99. The van der Waals surface area contributed by atoms with Crippen LogP contribution in [-0.4, -0.2) is 41.3 Å². The third-order valence-electron chi connectivity index (χ3n) is 4.64. The maximum Gasteiger partial charge on any atom is 0.264 e. The first-order chi connectivity index (χ1) is 16.3. The zero-order valence-corrected chi connectivity index (χ0v) is 20.6. The van der Waals surface area contributed by atoms with Gasteiger partial charge in [0.1, 0.15) is 18.0 Å². The van der Waals surface area contributed by atoms with E-state index in [2.05, 4.69) is 10.5 Å². The van der Waals surface area contributed by atoms with Gasteiger partial charge in [0.05, 0.1) is 41.1 Å². The normalized spacial score (nSPS) is 11.3. The van der Waals surface area contributed by atoms with Crippen LogP contribution in [0.5, 0.6) is 11.5 Å². The number of carbonyl (C=O) groups is 1. The van der Waals surface area contributed by atoms with Gasteiger partial charge >= 0.3 is 0 Å². The molecule has 0 aliphatic carbocycles. The Kier molecular flexibility index (Phi) is 8.38. The lowest BCUT2D eigenvalue weighted by Gasteiger charge is -2.24. The molecular weight excluding hydrogens is 501 g/mol. The Bertz CT molecular complexity index is 1300. The van der Waals surface area contributed by atoms with Crippen LogP contribution in [0, 0.1) is 0 Å². The van der Waals surface area contributed by atoms with E-state index in [1.165, 1.54) is 50.8 Å². The number of methoxy groups -OCH3 is 2. The van der Waals surface area contributed by atoms with E-state index < -0.39 is 22.5 Å². The van der Waals surface area contributed by atoms with Gasteiger partial charge in [-0.3, -0.25) is 9.10 Å². The number of ether oxygens (including phenoxy) is 2. The van der Waals surface area contributed by atoms with Crippen molar-refractivity contribution in [1.29, 1.82) is 0 Å². The summed E-state index contributed by atoms with van der Waals surface area (Å²) < 4.78 is 38.0. The second-order valence-electron chi connectivity index (χ2n) is 6.82. The summed E-state index contributed by atoms with van der Waals surface area (Å²) in [4.78, 5) is 12.7. The Morgan fingerprint density at radius 3 is 2.38 bits per heavy atom. The van der Waals surface area contributed by atoms with Gasteiger partial charge in [-0.05, 0) is 42.5 Å². The van der Waals surface area contributed by atoms with Crippen LogP contribution < -0.4 is 19.2 Å². The number of hydrogen-bond acceptors (Lipinski definition) is 6. The van der Waals surface area contributed by atoms with Crippen molar-refractivity contribution in [1.82, 2.24) is 5.43 Å². The molecule has 0 aliphatic rings. The predicted molar refractivity (Wildman–Crippen MR) is 133 cm³/mol. The van der Waals surface area contributed by atoms with Gasteiger partial charge in [0.15, 0.2) is 0 Å². The largest absolute Gasteiger partial charge is 0.497 e. The fourth-order valence-corrected chi connectivity index (χ4v) is 4.67. The Morgan fingerprint density at radius 2 is 1.74 bits per heavy atom. The number of nitrogens with zero attached hydrogens (tertiary/aromatic N) is 2. The van der Waals surface area contributed by atoms with E-state index in [1.807, 2.05) is 0 Å². The van der Waals surface area contributed by atoms with Crippen molar-refractivity contribution in [2.75, 3.05) is 25.1 Å². The standard InChI is InChI=1S/C23H21Cl2N3O5S/c1-32-18-10-8-16(22(13-18)33-2)14-26-27-23(29)15-28(17-9-11-20(24)21(25)12-17)34(30,31)19-6-4-3-5-7-19/h3-14H,15H2,1-2H3,(H,27,29)/b26-14+. The molecule has 0 bridgehead atoms. The minimum absolute atomic E-state index is 0.0142. The fraction of sp³-hybridized carbons (Fsp3) is 0.130. The lowest BCUT2D eigenvalue weighted by Crippen LogP contribution is -2.39. The molecule has 34 heavy (non-hydrogen) atoms. The minimum Gasteiger partial charge on any atom is -0.497 e. The molecule has 1 N–H and O–H groups in total. The monoisotopic (exact) mass is 521 g/mol. The van der Waals surface area contributed by atoms with E-state index in [0.29, 0.717) is 17.1 Å². The highest BCUT2D eigenvalue weighted by Gasteiger charge is 2.27. The van der Waals surface area contributed by atoms with Gasteiger partial charge in [-0.1, -0.05) is 41.4 Å². The van der Waals surface area contributed by atoms with Crippen LogP contribution in [0.1, 0.15) is 5.56 Å². The highest BCUT2D eigenvalue weighted by molar-refractivity contribution is 7.92. The third-order valence-corrected chi connectivity index (χ3v) is 7.17. The highest BCUT2D eigenvalue weighted by Crippen LogP contribution is 2.30. The zero-order valence-electron chi connectivity index (χ0n) is 18.2. The van der Waals surface area contributed by atoms with Gasteiger partial charge in [-0.25, -0.2) is 13.8 Å². The van der Waals surface area contributed by atoms with Crippen molar-refractivity contribution in [2.45, 2.75) is 4.90 Å². The van der Waals surface area contributed by atoms with Crippen molar-refractivity contribution < 1.29 is 22.7 Å². The Morgan fingerprint density at radius 1 is 1.00 bits per heavy atom. The molecule has 0 radical (unpaired) electrons. The SMILES string of the molecule is COc1ccc(/C=N/NC(=O)CN(c2ccc(Cl)c(Cl)c2)S(=O)(=O)c2ccccc2)c(OC)c1. The van der Waals surface area contributed by atoms with Crippen LogP contribution in [0.2, 0.25) is 10.0 Å². The van der Waals surface area contributed by atoms with Crippen LogP contribution in [-0.2, 0) is 14.8 Å². The maximum atomic E-state index is 13.3. The first-order valence-corrected chi connectivity index (χ1v) is 12.0. The second kappa shape index (κ2) is 11.2. The molecule has 8 nitrogen and oxygen atoms in total.